The van der Waals surface area contributed by atoms with Crippen LogP contribution in [0.5, 0.6) is 0 Å². The number of carboxylic acid groups (broad SMARTS) is 1. The Hall–Kier alpha value is -1.81. The number of carboxylic acids is 1. The van der Waals surface area contributed by atoms with Crippen LogP contribution in [-0.4, -0.2) is 48.2 Å². The molecule has 0 bridgehead atoms. The van der Waals surface area contributed by atoms with Gasteiger partial charge >= 0.3 is 5.97 Å². The summed E-state index contributed by atoms with van der Waals surface area (Å²) < 4.78 is 0. The third kappa shape index (κ3) is 3.61. The second-order valence-corrected chi connectivity index (χ2v) is 5.35. The highest BCUT2D eigenvalue weighted by Gasteiger charge is 2.19. The van der Waals surface area contributed by atoms with Crippen LogP contribution in [0.15, 0.2) is 30.3 Å². The molecule has 0 amide bonds. The quantitative estimate of drug-likeness (QED) is 0.856. The Balaban J connectivity index is 2.12. The summed E-state index contributed by atoms with van der Waals surface area (Å²) in [5.41, 5.74) is 2.08. The molecule has 0 aromatic heterocycles. The summed E-state index contributed by atoms with van der Waals surface area (Å²) in [5.74, 6) is -0.913. The van der Waals surface area contributed by atoms with Gasteiger partial charge in [0.05, 0.1) is 0 Å². The van der Waals surface area contributed by atoms with Crippen LogP contribution in [0.2, 0.25) is 0 Å². The molecule has 0 saturated carbocycles. The molecule has 0 aliphatic carbocycles. The predicted octanol–water partition coefficient (Wildman–Crippen LogP) is 2.31. The van der Waals surface area contributed by atoms with Crippen LogP contribution in [0, 0.1) is 0 Å². The fourth-order valence-electron chi connectivity index (χ4n) is 2.56. The van der Waals surface area contributed by atoms with Crippen LogP contribution in [-0.2, 0) is 4.79 Å². The van der Waals surface area contributed by atoms with Gasteiger partial charge in [-0.2, -0.15) is 0 Å². The van der Waals surface area contributed by atoms with Crippen LogP contribution in [0.1, 0.15) is 19.4 Å². The van der Waals surface area contributed by atoms with Gasteiger partial charge in [0, 0.05) is 44.0 Å². The molecule has 108 valence electrons. The zero-order valence-electron chi connectivity index (χ0n) is 12.1. The molecule has 1 fully saturated rings. The average Bonchev–Trinajstić information content (AvgIpc) is 2.45. The van der Waals surface area contributed by atoms with Gasteiger partial charge in [-0.3, -0.25) is 4.90 Å². The number of nitrogens with zero attached hydrogens (tertiary/aromatic N) is 2. The number of piperazine rings is 1. The Labute approximate surface area is 120 Å². The Morgan fingerprint density at radius 1 is 1.20 bits per heavy atom. The highest BCUT2D eigenvalue weighted by molar-refractivity contribution is 5.87. The minimum Gasteiger partial charge on any atom is -0.478 e. The summed E-state index contributed by atoms with van der Waals surface area (Å²) in [6.07, 6.45) is 2.87. The number of hydrogen-bond acceptors (Lipinski definition) is 3. The lowest BCUT2D eigenvalue weighted by molar-refractivity contribution is -0.131. The van der Waals surface area contributed by atoms with E-state index in [2.05, 4.69) is 29.7 Å². The molecule has 1 aliphatic rings. The Morgan fingerprint density at radius 2 is 1.85 bits per heavy atom. The molecule has 1 heterocycles. The molecule has 20 heavy (non-hydrogen) atoms. The summed E-state index contributed by atoms with van der Waals surface area (Å²) in [6, 6.07) is 8.55. The van der Waals surface area contributed by atoms with Crippen molar-refractivity contribution < 1.29 is 9.90 Å². The summed E-state index contributed by atoms with van der Waals surface area (Å²) >= 11 is 0. The largest absolute Gasteiger partial charge is 0.478 e. The molecule has 0 atom stereocenters. The maximum atomic E-state index is 10.7. The van der Waals surface area contributed by atoms with E-state index in [0.29, 0.717) is 6.04 Å². The molecule has 4 nitrogen and oxygen atoms in total. The highest BCUT2D eigenvalue weighted by atomic mass is 16.4. The first-order valence-electron chi connectivity index (χ1n) is 7.07. The van der Waals surface area contributed by atoms with Gasteiger partial charge in [0.2, 0.25) is 0 Å². The first-order chi connectivity index (χ1) is 9.58. The Bertz CT molecular complexity index is 489. The number of rotatable bonds is 4. The fourth-order valence-corrected chi connectivity index (χ4v) is 2.56. The number of benzene rings is 1. The summed E-state index contributed by atoms with van der Waals surface area (Å²) in [5, 5.41) is 8.76. The van der Waals surface area contributed by atoms with Gasteiger partial charge in [-0.1, -0.05) is 18.2 Å². The van der Waals surface area contributed by atoms with Crippen molar-refractivity contribution in [3.05, 3.63) is 35.9 Å². The van der Waals surface area contributed by atoms with Crippen molar-refractivity contribution in [2.75, 3.05) is 31.1 Å². The van der Waals surface area contributed by atoms with E-state index in [0.717, 1.165) is 37.4 Å². The number of aliphatic carboxylic acids is 1. The smallest absolute Gasteiger partial charge is 0.328 e. The molecule has 4 heteroatoms. The van der Waals surface area contributed by atoms with Crippen molar-refractivity contribution in [3.63, 3.8) is 0 Å². The van der Waals surface area contributed by atoms with E-state index in [1.54, 1.807) is 6.08 Å². The lowest BCUT2D eigenvalue weighted by atomic mass is 10.1. The molecule has 0 spiro atoms. The van der Waals surface area contributed by atoms with Crippen molar-refractivity contribution in [3.8, 4) is 0 Å². The van der Waals surface area contributed by atoms with E-state index in [1.807, 2.05) is 18.2 Å². The third-order valence-corrected chi connectivity index (χ3v) is 3.73. The topological polar surface area (TPSA) is 43.8 Å². The van der Waals surface area contributed by atoms with Crippen molar-refractivity contribution in [2.24, 2.45) is 0 Å². The van der Waals surface area contributed by atoms with Crippen molar-refractivity contribution >= 4 is 17.7 Å². The Morgan fingerprint density at radius 3 is 2.45 bits per heavy atom. The molecule has 2 rings (SSSR count). The minimum atomic E-state index is -0.913. The maximum absolute atomic E-state index is 10.7. The third-order valence-electron chi connectivity index (χ3n) is 3.73. The number of para-hydroxylation sites is 1. The standard InChI is InChI=1S/C16H22N2O2/c1-13(2)17-9-11-18(12-10-17)15-6-4-3-5-14(15)7-8-16(19)20/h3-8,13H,9-12H2,1-2H3,(H,19,20)/b8-7+. The molecule has 1 N–H and O–H groups in total. The van der Waals surface area contributed by atoms with E-state index in [4.69, 9.17) is 5.11 Å². The van der Waals surface area contributed by atoms with E-state index in [9.17, 15) is 4.79 Å². The second kappa shape index (κ2) is 6.57. The molecule has 0 radical (unpaired) electrons. The van der Waals surface area contributed by atoms with Crippen LogP contribution >= 0.6 is 0 Å². The first kappa shape index (κ1) is 14.6. The lowest BCUT2D eigenvalue weighted by Crippen LogP contribution is -2.49. The molecule has 1 aliphatic heterocycles. The number of hydrogen-bond donors (Lipinski definition) is 1. The van der Waals surface area contributed by atoms with Crippen LogP contribution in [0.3, 0.4) is 0 Å². The predicted molar refractivity (Wildman–Crippen MR) is 82.0 cm³/mol. The SMILES string of the molecule is CC(C)N1CCN(c2ccccc2/C=C/C(=O)O)CC1. The van der Waals surface area contributed by atoms with E-state index in [-0.39, 0.29) is 0 Å². The van der Waals surface area contributed by atoms with Gasteiger partial charge in [-0.15, -0.1) is 0 Å². The van der Waals surface area contributed by atoms with Gasteiger partial charge in [-0.25, -0.2) is 4.79 Å². The first-order valence-corrected chi connectivity index (χ1v) is 7.07. The van der Waals surface area contributed by atoms with Gasteiger partial charge < -0.3 is 10.0 Å². The monoisotopic (exact) mass is 274 g/mol. The molecule has 1 aromatic carbocycles. The molecule has 1 saturated heterocycles. The Kier molecular flexibility index (Phi) is 4.79. The summed E-state index contributed by atoms with van der Waals surface area (Å²) in [7, 11) is 0. The van der Waals surface area contributed by atoms with Crippen LogP contribution < -0.4 is 4.90 Å². The van der Waals surface area contributed by atoms with Crippen molar-refractivity contribution in [1.82, 2.24) is 4.90 Å². The van der Waals surface area contributed by atoms with E-state index in [1.165, 1.54) is 6.08 Å². The number of anilines is 1. The van der Waals surface area contributed by atoms with Crippen molar-refractivity contribution in [2.45, 2.75) is 19.9 Å². The van der Waals surface area contributed by atoms with Crippen LogP contribution in [0.25, 0.3) is 6.08 Å². The summed E-state index contributed by atoms with van der Waals surface area (Å²) in [4.78, 5) is 15.5. The molecular weight excluding hydrogens is 252 g/mol. The van der Waals surface area contributed by atoms with Gasteiger partial charge in [0.1, 0.15) is 0 Å². The lowest BCUT2D eigenvalue weighted by Gasteiger charge is -2.38. The van der Waals surface area contributed by atoms with E-state index < -0.39 is 5.97 Å². The molecular formula is C16H22N2O2. The zero-order valence-corrected chi connectivity index (χ0v) is 12.1. The van der Waals surface area contributed by atoms with Gasteiger partial charge in [0.15, 0.2) is 0 Å². The van der Waals surface area contributed by atoms with Gasteiger partial charge in [-0.05, 0) is 31.6 Å². The fraction of sp³-hybridized carbons (Fsp3) is 0.438. The maximum Gasteiger partial charge on any atom is 0.328 e. The second-order valence-electron chi connectivity index (χ2n) is 5.35. The summed E-state index contributed by atoms with van der Waals surface area (Å²) in [6.45, 7) is 8.51. The minimum absolute atomic E-state index is 0.583. The normalized spacial score (nSPS) is 17.1. The average molecular weight is 274 g/mol. The zero-order chi connectivity index (χ0) is 14.5. The van der Waals surface area contributed by atoms with Gasteiger partial charge in [0.25, 0.3) is 0 Å². The van der Waals surface area contributed by atoms with Crippen LogP contribution in [0.4, 0.5) is 5.69 Å². The van der Waals surface area contributed by atoms with E-state index >= 15 is 0 Å². The molecule has 0 unspecified atom stereocenters. The highest BCUT2D eigenvalue weighted by Crippen LogP contribution is 2.23. The number of carbonyl (C=O) groups is 1. The molecule has 1 aromatic rings. The van der Waals surface area contributed by atoms with Crippen molar-refractivity contribution in [1.29, 1.82) is 0 Å².